The molecule has 0 bridgehead atoms. The van der Waals surface area contributed by atoms with Gasteiger partial charge in [0.2, 0.25) is 5.91 Å². The molecule has 0 saturated carbocycles. The molecule has 1 saturated heterocycles. The Morgan fingerprint density at radius 3 is 2.30 bits per heavy atom. The number of piperazine rings is 1. The number of hydrogen-bond acceptors (Lipinski definition) is 3. The third-order valence-corrected chi connectivity index (χ3v) is 5.10. The molecule has 1 aliphatic heterocycles. The standard InChI is InChI=1S/C21H25ClFN3O/c1-15-9-16(2)11-19(10-15)24-21(27)14-26-7-5-25(6-8-26)13-17-3-4-18(23)12-20(17)22/h3-4,9-12H,5-8,13-14H2,1-2H3,(H,24,27). The smallest absolute Gasteiger partial charge is 0.238 e. The predicted octanol–water partition coefficient (Wildman–Crippen LogP) is 3.85. The number of amides is 1. The van der Waals surface area contributed by atoms with Crippen molar-refractivity contribution in [3.63, 3.8) is 0 Å². The van der Waals surface area contributed by atoms with Crippen LogP contribution in [0.2, 0.25) is 5.02 Å². The molecule has 3 rings (SSSR count). The summed E-state index contributed by atoms with van der Waals surface area (Å²) in [6, 6.07) is 10.6. The number of rotatable bonds is 5. The second-order valence-corrected chi connectivity index (χ2v) is 7.62. The molecule has 1 heterocycles. The van der Waals surface area contributed by atoms with Crippen LogP contribution in [0.15, 0.2) is 36.4 Å². The van der Waals surface area contributed by atoms with Crippen LogP contribution in [-0.2, 0) is 11.3 Å². The molecule has 6 heteroatoms. The fraction of sp³-hybridized carbons (Fsp3) is 0.381. The molecule has 0 aromatic heterocycles. The fourth-order valence-electron chi connectivity index (χ4n) is 3.45. The van der Waals surface area contributed by atoms with Gasteiger partial charge < -0.3 is 5.32 Å². The first-order valence-corrected chi connectivity index (χ1v) is 9.53. The molecule has 2 aromatic carbocycles. The molecule has 4 nitrogen and oxygen atoms in total. The Balaban J connectivity index is 1.46. The highest BCUT2D eigenvalue weighted by molar-refractivity contribution is 6.31. The summed E-state index contributed by atoms with van der Waals surface area (Å²) in [7, 11) is 0. The normalized spacial score (nSPS) is 15.7. The minimum atomic E-state index is -0.316. The van der Waals surface area contributed by atoms with Gasteiger partial charge in [-0.05, 0) is 54.8 Å². The largest absolute Gasteiger partial charge is 0.325 e. The lowest BCUT2D eigenvalue weighted by Gasteiger charge is -2.34. The van der Waals surface area contributed by atoms with Crippen molar-refractivity contribution in [2.24, 2.45) is 0 Å². The van der Waals surface area contributed by atoms with Gasteiger partial charge in [-0.2, -0.15) is 0 Å². The monoisotopic (exact) mass is 389 g/mol. The number of aryl methyl sites for hydroxylation is 2. The summed E-state index contributed by atoms with van der Waals surface area (Å²) in [5.74, 6) is -0.307. The van der Waals surface area contributed by atoms with Crippen molar-refractivity contribution in [1.29, 1.82) is 0 Å². The number of carbonyl (C=O) groups excluding carboxylic acids is 1. The molecule has 0 atom stereocenters. The van der Waals surface area contributed by atoms with E-state index in [1.54, 1.807) is 6.07 Å². The van der Waals surface area contributed by atoms with Gasteiger partial charge in [0, 0.05) is 43.4 Å². The van der Waals surface area contributed by atoms with Crippen LogP contribution in [0.5, 0.6) is 0 Å². The van der Waals surface area contributed by atoms with E-state index in [1.807, 2.05) is 26.0 Å². The van der Waals surface area contributed by atoms with E-state index in [2.05, 4.69) is 21.2 Å². The number of anilines is 1. The van der Waals surface area contributed by atoms with Gasteiger partial charge in [0.05, 0.1) is 6.54 Å². The van der Waals surface area contributed by atoms with Gasteiger partial charge in [0.25, 0.3) is 0 Å². The van der Waals surface area contributed by atoms with E-state index in [1.165, 1.54) is 12.1 Å². The summed E-state index contributed by atoms with van der Waals surface area (Å²) in [4.78, 5) is 16.8. The Labute approximate surface area is 164 Å². The van der Waals surface area contributed by atoms with E-state index in [9.17, 15) is 9.18 Å². The Bertz CT molecular complexity index is 799. The molecule has 0 radical (unpaired) electrons. The van der Waals surface area contributed by atoms with Gasteiger partial charge in [-0.25, -0.2) is 4.39 Å². The van der Waals surface area contributed by atoms with Crippen LogP contribution in [-0.4, -0.2) is 48.4 Å². The SMILES string of the molecule is Cc1cc(C)cc(NC(=O)CN2CCN(Cc3ccc(F)cc3Cl)CC2)c1. The maximum absolute atomic E-state index is 13.2. The van der Waals surface area contributed by atoms with Crippen LogP contribution in [0.1, 0.15) is 16.7 Å². The fourth-order valence-corrected chi connectivity index (χ4v) is 3.67. The highest BCUT2D eigenvalue weighted by Gasteiger charge is 2.20. The van der Waals surface area contributed by atoms with Crippen LogP contribution < -0.4 is 5.32 Å². The zero-order valence-electron chi connectivity index (χ0n) is 15.8. The van der Waals surface area contributed by atoms with Crippen LogP contribution in [0.25, 0.3) is 0 Å². The Hall–Kier alpha value is -1.95. The number of nitrogens with zero attached hydrogens (tertiary/aromatic N) is 2. The molecule has 1 aliphatic rings. The van der Waals surface area contributed by atoms with Crippen molar-refractivity contribution in [2.45, 2.75) is 20.4 Å². The summed E-state index contributed by atoms with van der Waals surface area (Å²) in [6.45, 7) is 8.47. The number of hydrogen-bond donors (Lipinski definition) is 1. The maximum Gasteiger partial charge on any atom is 0.238 e. The van der Waals surface area contributed by atoms with Crippen molar-refractivity contribution in [3.8, 4) is 0 Å². The van der Waals surface area contributed by atoms with Crippen molar-refractivity contribution in [3.05, 3.63) is 63.9 Å². The second kappa shape index (κ2) is 8.83. The first kappa shape index (κ1) is 19.8. The lowest BCUT2D eigenvalue weighted by Crippen LogP contribution is -2.48. The highest BCUT2D eigenvalue weighted by Crippen LogP contribution is 2.20. The van der Waals surface area contributed by atoms with Gasteiger partial charge in [-0.3, -0.25) is 14.6 Å². The molecule has 1 fully saturated rings. The third kappa shape index (κ3) is 5.76. The molecule has 144 valence electrons. The Morgan fingerprint density at radius 2 is 1.67 bits per heavy atom. The minimum Gasteiger partial charge on any atom is -0.325 e. The molecule has 0 unspecified atom stereocenters. The molecule has 0 aliphatic carbocycles. The van der Waals surface area contributed by atoms with Crippen molar-refractivity contribution in [1.82, 2.24) is 9.80 Å². The quantitative estimate of drug-likeness (QED) is 0.843. The minimum absolute atomic E-state index is 0.00929. The summed E-state index contributed by atoms with van der Waals surface area (Å²) in [5, 5.41) is 3.45. The van der Waals surface area contributed by atoms with Crippen molar-refractivity contribution < 1.29 is 9.18 Å². The zero-order chi connectivity index (χ0) is 19.4. The van der Waals surface area contributed by atoms with Crippen LogP contribution in [0, 0.1) is 19.7 Å². The van der Waals surface area contributed by atoms with E-state index in [0.717, 1.165) is 48.6 Å². The molecular formula is C21H25ClFN3O. The first-order chi connectivity index (χ1) is 12.9. The van der Waals surface area contributed by atoms with E-state index in [0.29, 0.717) is 18.1 Å². The van der Waals surface area contributed by atoms with E-state index < -0.39 is 0 Å². The lowest BCUT2D eigenvalue weighted by molar-refractivity contribution is -0.117. The zero-order valence-corrected chi connectivity index (χ0v) is 16.5. The van der Waals surface area contributed by atoms with Gasteiger partial charge in [-0.1, -0.05) is 23.7 Å². The number of halogens is 2. The molecule has 27 heavy (non-hydrogen) atoms. The summed E-state index contributed by atoms with van der Waals surface area (Å²) >= 11 is 6.12. The van der Waals surface area contributed by atoms with Gasteiger partial charge in [0.15, 0.2) is 0 Å². The third-order valence-electron chi connectivity index (χ3n) is 4.75. The second-order valence-electron chi connectivity index (χ2n) is 7.21. The number of nitrogens with one attached hydrogen (secondary N) is 1. The van der Waals surface area contributed by atoms with Gasteiger partial charge in [-0.15, -0.1) is 0 Å². The maximum atomic E-state index is 13.2. The van der Waals surface area contributed by atoms with Gasteiger partial charge in [0.1, 0.15) is 5.82 Å². The van der Waals surface area contributed by atoms with Crippen molar-refractivity contribution >= 4 is 23.2 Å². The average molecular weight is 390 g/mol. The highest BCUT2D eigenvalue weighted by atomic mass is 35.5. The van der Waals surface area contributed by atoms with E-state index in [-0.39, 0.29) is 11.7 Å². The lowest BCUT2D eigenvalue weighted by atomic mass is 10.1. The van der Waals surface area contributed by atoms with E-state index in [4.69, 9.17) is 11.6 Å². The predicted molar refractivity (Wildman–Crippen MR) is 108 cm³/mol. The van der Waals surface area contributed by atoms with Crippen LogP contribution in [0.4, 0.5) is 10.1 Å². The molecule has 1 amide bonds. The summed E-state index contributed by atoms with van der Waals surface area (Å²) in [5.41, 5.74) is 4.05. The number of carbonyl (C=O) groups is 1. The van der Waals surface area contributed by atoms with Gasteiger partial charge >= 0.3 is 0 Å². The van der Waals surface area contributed by atoms with E-state index >= 15 is 0 Å². The van der Waals surface area contributed by atoms with Crippen LogP contribution >= 0.6 is 11.6 Å². The molecule has 2 aromatic rings. The number of benzene rings is 2. The topological polar surface area (TPSA) is 35.6 Å². The summed E-state index contributed by atoms with van der Waals surface area (Å²) in [6.07, 6.45) is 0. The Kier molecular flexibility index (Phi) is 6.47. The summed E-state index contributed by atoms with van der Waals surface area (Å²) < 4.78 is 13.2. The van der Waals surface area contributed by atoms with Crippen LogP contribution in [0.3, 0.4) is 0 Å². The molecule has 1 N–H and O–H groups in total. The Morgan fingerprint density at radius 1 is 1.04 bits per heavy atom. The molecular weight excluding hydrogens is 365 g/mol. The first-order valence-electron chi connectivity index (χ1n) is 9.16. The van der Waals surface area contributed by atoms with Crippen molar-refractivity contribution in [2.75, 3.05) is 38.0 Å². The average Bonchev–Trinajstić information content (AvgIpc) is 2.58. The molecule has 0 spiro atoms.